The van der Waals surface area contributed by atoms with E-state index in [4.69, 9.17) is 4.74 Å². The Hall–Kier alpha value is -1.90. The van der Waals surface area contributed by atoms with E-state index >= 15 is 0 Å². The molecule has 3 nitrogen and oxygen atoms in total. The van der Waals surface area contributed by atoms with Gasteiger partial charge < -0.3 is 14.9 Å². The van der Waals surface area contributed by atoms with Gasteiger partial charge in [-0.1, -0.05) is 25.5 Å². The van der Waals surface area contributed by atoms with Crippen molar-refractivity contribution in [3.05, 3.63) is 29.8 Å². The summed E-state index contributed by atoms with van der Waals surface area (Å²) in [5, 5.41) is 21.4. The highest BCUT2D eigenvalue weighted by atomic mass is 16.5. The van der Waals surface area contributed by atoms with Crippen molar-refractivity contribution in [1.29, 1.82) is 0 Å². The van der Waals surface area contributed by atoms with Gasteiger partial charge in [0, 0.05) is 16.8 Å². The predicted octanol–water partition coefficient (Wildman–Crippen LogP) is 3.60. The summed E-state index contributed by atoms with van der Waals surface area (Å²) >= 11 is 0. The molecule has 0 aliphatic carbocycles. The zero-order valence-corrected chi connectivity index (χ0v) is 10.7. The van der Waals surface area contributed by atoms with Crippen LogP contribution in [0.4, 0.5) is 0 Å². The highest BCUT2D eigenvalue weighted by Gasteiger charge is 2.12. The lowest BCUT2D eigenvalue weighted by Gasteiger charge is -2.11. The maximum absolute atomic E-state index is 10.1. The average molecular weight is 246 g/mol. The van der Waals surface area contributed by atoms with Crippen LogP contribution in [0.15, 0.2) is 24.3 Å². The van der Waals surface area contributed by atoms with Crippen molar-refractivity contribution in [2.45, 2.75) is 26.7 Å². The van der Waals surface area contributed by atoms with Gasteiger partial charge in [0.15, 0.2) is 11.5 Å². The zero-order chi connectivity index (χ0) is 13.1. The lowest BCUT2D eigenvalue weighted by molar-refractivity contribution is 0.318. The van der Waals surface area contributed by atoms with E-state index in [1.54, 1.807) is 0 Å². The van der Waals surface area contributed by atoms with Crippen LogP contribution in [0.3, 0.4) is 0 Å². The summed E-state index contributed by atoms with van der Waals surface area (Å²) in [4.78, 5) is 0. The number of hydrogen-bond acceptors (Lipinski definition) is 3. The summed E-state index contributed by atoms with van der Waals surface area (Å²) < 4.78 is 5.29. The van der Waals surface area contributed by atoms with Crippen molar-refractivity contribution in [2.75, 3.05) is 6.61 Å². The third kappa shape index (κ3) is 2.21. The highest BCUT2D eigenvalue weighted by molar-refractivity contribution is 5.95. The van der Waals surface area contributed by atoms with Crippen molar-refractivity contribution in [1.82, 2.24) is 0 Å². The molecule has 0 heterocycles. The number of phenolic OH excluding ortho intramolecular Hbond substituents is 2. The summed E-state index contributed by atoms with van der Waals surface area (Å²) in [6, 6.07) is 7.19. The molecule has 2 N–H and O–H groups in total. The van der Waals surface area contributed by atoms with Crippen molar-refractivity contribution in [3.8, 4) is 17.2 Å². The lowest BCUT2D eigenvalue weighted by atomic mass is 10.0. The number of aryl methyl sites for hydroxylation is 1. The maximum Gasteiger partial charge on any atom is 0.165 e. The summed E-state index contributed by atoms with van der Waals surface area (Å²) in [6.45, 7) is 4.40. The minimum absolute atomic E-state index is 0.0905. The number of phenols is 2. The average Bonchev–Trinajstić information content (AvgIpc) is 2.36. The van der Waals surface area contributed by atoms with E-state index in [0.29, 0.717) is 23.1 Å². The first-order chi connectivity index (χ1) is 8.67. The van der Waals surface area contributed by atoms with Crippen LogP contribution >= 0.6 is 0 Å². The van der Waals surface area contributed by atoms with E-state index in [1.165, 1.54) is 6.07 Å². The van der Waals surface area contributed by atoms with Crippen LogP contribution in [-0.2, 0) is 6.42 Å². The first-order valence-corrected chi connectivity index (χ1v) is 6.27. The van der Waals surface area contributed by atoms with Crippen LogP contribution in [0.2, 0.25) is 0 Å². The number of ether oxygens (including phenoxy) is 1. The predicted molar refractivity (Wildman–Crippen MR) is 72.4 cm³/mol. The third-order valence-corrected chi connectivity index (χ3v) is 2.95. The zero-order valence-electron chi connectivity index (χ0n) is 10.7. The van der Waals surface area contributed by atoms with Gasteiger partial charge in [0.1, 0.15) is 5.75 Å². The molecule has 0 unspecified atom stereocenters. The van der Waals surface area contributed by atoms with Crippen LogP contribution in [0.25, 0.3) is 10.8 Å². The van der Waals surface area contributed by atoms with Gasteiger partial charge in [-0.2, -0.15) is 0 Å². The van der Waals surface area contributed by atoms with E-state index in [0.717, 1.165) is 18.4 Å². The molecular weight excluding hydrogens is 228 g/mol. The minimum Gasteiger partial charge on any atom is -0.507 e. The third-order valence-electron chi connectivity index (χ3n) is 2.95. The highest BCUT2D eigenvalue weighted by Crippen LogP contribution is 2.40. The van der Waals surface area contributed by atoms with Crippen molar-refractivity contribution >= 4 is 10.8 Å². The van der Waals surface area contributed by atoms with Crippen LogP contribution in [0.5, 0.6) is 17.2 Å². The Balaban J connectivity index is 2.60. The van der Waals surface area contributed by atoms with Gasteiger partial charge in [0.25, 0.3) is 0 Å². The number of fused-ring (bicyclic) bond motifs is 1. The first-order valence-electron chi connectivity index (χ1n) is 6.27. The van der Waals surface area contributed by atoms with Gasteiger partial charge in [-0.25, -0.2) is 0 Å². The second-order valence-corrected chi connectivity index (χ2v) is 4.31. The molecule has 0 aliphatic rings. The quantitative estimate of drug-likeness (QED) is 0.810. The Morgan fingerprint density at radius 3 is 2.50 bits per heavy atom. The van der Waals surface area contributed by atoms with E-state index in [2.05, 4.69) is 6.92 Å². The normalized spacial score (nSPS) is 10.8. The van der Waals surface area contributed by atoms with E-state index in [9.17, 15) is 10.2 Å². The van der Waals surface area contributed by atoms with Crippen LogP contribution in [0, 0.1) is 0 Å². The monoisotopic (exact) mass is 246 g/mol. The molecule has 3 heteroatoms. The molecule has 0 amide bonds. The Bertz CT molecular complexity index is 561. The molecule has 0 spiro atoms. The van der Waals surface area contributed by atoms with Gasteiger partial charge >= 0.3 is 0 Å². The van der Waals surface area contributed by atoms with E-state index in [-0.39, 0.29) is 11.5 Å². The SMILES string of the molecule is CCCc1ccc2c(O)c(OCC)cc(O)c2c1. The molecule has 0 aromatic heterocycles. The second kappa shape index (κ2) is 5.17. The summed E-state index contributed by atoms with van der Waals surface area (Å²) in [5.74, 6) is 0.558. The topological polar surface area (TPSA) is 49.7 Å². The molecule has 96 valence electrons. The summed E-state index contributed by atoms with van der Waals surface area (Å²) in [7, 11) is 0. The first kappa shape index (κ1) is 12.6. The minimum atomic E-state index is 0.0905. The van der Waals surface area contributed by atoms with E-state index in [1.807, 2.05) is 25.1 Å². The summed E-state index contributed by atoms with van der Waals surface area (Å²) in [5.41, 5.74) is 1.16. The standard InChI is InChI=1S/C15H18O3/c1-3-5-10-6-7-11-12(8-10)13(16)9-14(15(11)17)18-4-2/h6-9,16-17H,3-5H2,1-2H3. The Labute approximate surface area is 107 Å². The van der Waals surface area contributed by atoms with Crippen LogP contribution in [-0.4, -0.2) is 16.8 Å². The number of rotatable bonds is 4. The smallest absolute Gasteiger partial charge is 0.165 e. The largest absolute Gasteiger partial charge is 0.507 e. The van der Waals surface area contributed by atoms with Gasteiger partial charge in [-0.15, -0.1) is 0 Å². The fourth-order valence-electron chi connectivity index (χ4n) is 2.12. The van der Waals surface area contributed by atoms with E-state index < -0.39 is 0 Å². The molecule has 0 fully saturated rings. The van der Waals surface area contributed by atoms with Crippen LogP contribution < -0.4 is 4.74 Å². The fraction of sp³-hybridized carbons (Fsp3) is 0.333. The Morgan fingerprint density at radius 1 is 1.06 bits per heavy atom. The molecule has 0 radical (unpaired) electrons. The molecule has 0 saturated carbocycles. The van der Waals surface area contributed by atoms with Gasteiger partial charge in [-0.3, -0.25) is 0 Å². The molecule has 0 atom stereocenters. The molecular formula is C15H18O3. The van der Waals surface area contributed by atoms with Gasteiger partial charge in [-0.05, 0) is 25.0 Å². The maximum atomic E-state index is 10.1. The molecule has 2 aromatic carbocycles. The van der Waals surface area contributed by atoms with Crippen molar-refractivity contribution in [2.24, 2.45) is 0 Å². The molecule has 0 saturated heterocycles. The molecule has 18 heavy (non-hydrogen) atoms. The molecule has 2 aromatic rings. The fourth-order valence-corrected chi connectivity index (χ4v) is 2.12. The van der Waals surface area contributed by atoms with Gasteiger partial charge in [0.05, 0.1) is 6.61 Å². The number of hydrogen-bond donors (Lipinski definition) is 2. The van der Waals surface area contributed by atoms with Crippen LogP contribution in [0.1, 0.15) is 25.8 Å². The number of benzene rings is 2. The second-order valence-electron chi connectivity index (χ2n) is 4.31. The summed E-state index contributed by atoms with van der Waals surface area (Å²) in [6.07, 6.45) is 2.01. The molecule has 0 aliphatic heterocycles. The van der Waals surface area contributed by atoms with Crippen molar-refractivity contribution < 1.29 is 14.9 Å². The van der Waals surface area contributed by atoms with Gasteiger partial charge in [0.2, 0.25) is 0 Å². The lowest BCUT2D eigenvalue weighted by Crippen LogP contribution is -1.93. The Kier molecular flexibility index (Phi) is 3.60. The van der Waals surface area contributed by atoms with Crippen molar-refractivity contribution in [3.63, 3.8) is 0 Å². The molecule has 2 rings (SSSR count). The molecule has 0 bridgehead atoms. The number of aromatic hydroxyl groups is 2. The Morgan fingerprint density at radius 2 is 1.83 bits per heavy atom.